The van der Waals surface area contributed by atoms with Crippen LogP contribution in [0.2, 0.25) is 0 Å². The van der Waals surface area contributed by atoms with Gasteiger partial charge in [-0.25, -0.2) is 0 Å². The molecule has 1 aromatic heterocycles. The van der Waals surface area contributed by atoms with Gasteiger partial charge in [-0.1, -0.05) is 6.08 Å². The van der Waals surface area contributed by atoms with E-state index in [9.17, 15) is 4.79 Å². The highest BCUT2D eigenvalue weighted by Crippen LogP contribution is 2.16. The van der Waals surface area contributed by atoms with Gasteiger partial charge in [-0.05, 0) is 18.2 Å². The molecule has 0 bridgehead atoms. The fourth-order valence-electron chi connectivity index (χ4n) is 1.78. The predicted octanol–water partition coefficient (Wildman–Crippen LogP) is 0.827. The standard InChI is InChI=1S/C9H9NO2.C5H14NO/c11-9(12)6-8-4-3-7-2-1-5-10(7)8;1-6(2,3)4-5-7/h1-4H,5-6H2,(H,11,12);7H,4-5H2,1-3H3/q;+1. The van der Waals surface area contributed by atoms with E-state index in [-0.39, 0.29) is 13.0 Å². The van der Waals surface area contributed by atoms with Gasteiger partial charge in [0.15, 0.2) is 0 Å². The molecule has 0 aliphatic carbocycles. The summed E-state index contributed by atoms with van der Waals surface area (Å²) in [5.41, 5.74) is 1.98. The number of hydrogen-bond donors (Lipinski definition) is 2. The third kappa shape index (κ3) is 5.28. The lowest BCUT2D eigenvalue weighted by Crippen LogP contribution is -2.36. The SMILES string of the molecule is C[N+](C)(C)CCO.O=C(O)Cc1ccc2n1CC=C2. The van der Waals surface area contributed by atoms with E-state index in [1.165, 1.54) is 0 Å². The molecule has 0 atom stereocenters. The van der Waals surface area contributed by atoms with E-state index in [1.807, 2.05) is 28.9 Å². The summed E-state index contributed by atoms with van der Waals surface area (Å²) in [6, 6.07) is 3.81. The lowest BCUT2D eigenvalue weighted by Gasteiger charge is -2.21. The zero-order chi connectivity index (χ0) is 14.5. The number of aliphatic carboxylic acids is 1. The Morgan fingerprint density at radius 1 is 1.37 bits per heavy atom. The topological polar surface area (TPSA) is 62.5 Å². The lowest BCUT2D eigenvalue weighted by atomic mass is 10.3. The Kier molecular flexibility index (Phi) is 5.32. The molecule has 0 amide bonds. The van der Waals surface area contributed by atoms with Crippen LogP contribution < -0.4 is 0 Å². The van der Waals surface area contributed by atoms with E-state index in [0.29, 0.717) is 0 Å². The number of aliphatic hydroxyl groups is 1. The number of aromatic nitrogens is 1. The monoisotopic (exact) mass is 267 g/mol. The van der Waals surface area contributed by atoms with Gasteiger partial charge in [0.2, 0.25) is 0 Å². The molecule has 1 aliphatic rings. The molecule has 2 heterocycles. The number of hydrogen-bond acceptors (Lipinski definition) is 2. The molecule has 0 spiro atoms. The highest BCUT2D eigenvalue weighted by molar-refractivity contribution is 5.70. The maximum Gasteiger partial charge on any atom is 0.309 e. The van der Waals surface area contributed by atoms with E-state index >= 15 is 0 Å². The van der Waals surface area contributed by atoms with E-state index < -0.39 is 5.97 Å². The number of rotatable bonds is 4. The third-order valence-electron chi connectivity index (χ3n) is 2.78. The zero-order valence-electron chi connectivity index (χ0n) is 11.8. The van der Waals surface area contributed by atoms with Crippen LogP contribution >= 0.6 is 0 Å². The molecule has 5 nitrogen and oxygen atoms in total. The molecular formula is C14H23N2O3+. The normalized spacial score (nSPS) is 12.8. The smallest absolute Gasteiger partial charge is 0.309 e. The van der Waals surface area contributed by atoms with Gasteiger partial charge >= 0.3 is 5.97 Å². The Labute approximate surface area is 114 Å². The molecule has 1 aliphatic heterocycles. The van der Waals surface area contributed by atoms with Gasteiger partial charge < -0.3 is 19.3 Å². The minimum atomic E-state index is -0.775. The number of nitrogens with zero attached hydrogens (tertiary/aromatic N) is 2. The third-order valence-corrected chi connectivity index (χ3v) is 2.78. The van der Waals surface area contributed by atoms with Crippen molar-refractivity contribution in [2.75, 3.05) is 34.3 Å². The van der Waals surface area contributed by atoms with Gasteiger partial charge in [0.25, 0.3) is 0 Å². The number of quaternary nitrogens is 1. The summed E-state index contributed by atoms with van der Waals surface area (Å²) in [6.45, 7) is 1.93. The molecule has 0 aromatic carbocycles. The summed E-state index contributed by atoms with van der Waals surface area (Å²) in [6.07, 6.45) is 4.15. The second-order valence-electron chi connectivity index (χ2n) is 5.57. The maximum atomic E-state index is 10.4. The summed E-state index contributed by atoms with van der Waals surface area (Å²) < 4.78 is 2.85. The lowest BCUT2D eigenvalue weighted by molar-refractivity contribution is -0.870. The predicted molar refractivity (Wildman–Crippen MR) is 74.8 cm³/mol. The molecule has 0 fully saturated rings. The Bertz CT molecular complexity index is 456. The molecule has 0 radical (unpaired) electrons. The van der Waals surface area contributed by atoms with Crippen molar-refractivity contribution in [3.05, 3.63) is 29.6 Å². The van der Waals surface area contributed by atoms with Crippen LogP contribution in [-0.2, 0) is 17.8 Å². The van der Waals surface area contributed by atoms with E-state index in [0.717, 1.165) is 29.0 Å². The Balaban J connectivity index is 0.000000224. The molecule has 0 unspecified atom stereocenters. The highest BCUT2D eigenvalue weighted by atomic mass is 16.4. The first kappa shape index (κ1) is 15.5. The van der Waals surface area contributed by atoms with Crippen molar-refractivity contribution < 1.29 is 19.5 Å². The quantitative estimate of drug-likeness (QED) is 0.794. The zero-order valence-corrected chi connectivity index (χ0v) is 11.8. The van der Waals surface area contributed by atoms with Gasteiger partial charge in [-0.3, -0.25) is 4.79 Å². The summed E-state index contributed by atoms with van der Waals surface area (Å²) in [4.78, 5) is 10.4. The van der Waals surface area contributed by atoms with Gasteiger partial charge in [0.1, 0.15) is 6.54 Å². The van der Waals surface area contributed by atoms with Gasteiger partial charge in [-0.2, -0.15) is 0 Å². The van der Waals surface area contributed by atoms with Crippen molar-refractivity contribution in [2.24, 2.45) is 0 Å². The van der Waals surface area contributed by atoms with Gasteiger partial charge in [-0.15, -0.1) is 0 Å². The minimum Gasteiger partial charge on any atom is -0.481 e. The van der Waals surface area contributed by atoms with Crippen LogP contribution in [0.25, 0.3) is 6.08 Å². The maximum absolute atomic E-state index is 10.4. The summed E-state index contributed by atoms with van der Waals surface area (Å²) in [5, 5.41) is 17.0. The molecule has 19 heavy (non-hydrogen) atoms. The first-order valence-electron chi connectivity index (χ1n) is 6.31. The van der Waals surface area contributed by atoms with Crippen LogP contribution in [0, 0.1) is 0 Å². The second-order valence-corrected chi connectivity index (χ2v) is 5.57. The van der Waals surface area contributed by atoms with Crippen molar-refractivity contribution in [1.29, 1.82) is 0 Å². The van der Waals surface area contributed by atoms with Gasteiger partial charge in [0, 0.05) is 17.9 Å². The van der Waals surface area contributed by atoms with Crippen LogP contribution in [0.4, 0.5) is 0 Å². The van der Waals surface area contributed by atoms with E-state index in [1.54, 1.807) is 0 Å². The van der Waals surface area contributed by atoms with Crippen molar-refractivity contribution in [1.82, 2.24) is 4.57 Å². The Hall–Kier alpha value is -1.59. The molecule has 1 aromatic rings. The second kappa shape index (κ2) is 6.54. The summed E-state index contributed by atoms with van der Waals surface area (Å²) in [7, 11) is 6.16. The van der Waals surface area contributed by atoms with Crippen LogP contribution in [0.15, 0.2) is 18.2 Å². The molecule has 2 rings (SSSR count). The van der Waals surface area contributed by atoms with Crippen molar-refractivity contribution in [3.8, 4) is 0 Å². The largest absolute Gasteiger partial charge is 0.481 e. The number of aliphatic hydroxyl groups excluding tert-OH is 1. The Morgan fingerprint density at radius 2 is 2.05 bits per heavy atom. The van der Waals surface area contributed by atoms with Crippen molar-refractivity contribution >= 4 is 12.0 Å². The number of carboxylic acids is 1. The Morgan fingerprint density at radius 3 is 2.53 bits per heavy atom. The van der Waals surface area contributed by atoms with E-state index in [4.69, 9.17) is 10.2 Å². The molecular weight excluding hydrogens is 244 g/mol. The molecule has 0 saturated carbocycles. The first-order chi connectivity index (χ1) is 8.83. The molecule has 2 N–H and O–H groups in total. The highest BCUT2D eigenvalue weighted by Gasteiger charge is 2.11. The number of carboxylic acid groups (broad SMARTS) is 1. The van der Waals surface area contributed by atoms with E-state index in [2.05, 4.69) is 21.1 Å². The molecule has 0 saturated heterocycles. The average molecular weight is 267 g/mol. The van der Waals surface area contributed by atoms with Crippen molar-refractivity contribution in [2.45, 2.75) is 13.0 Å². The summed E-state index contributed by atoms with van der Waals surface area (Å²) >= 11 is 0. The van der Waals surface area contributed by atoms with Crippen LogP contribution in [0.1, 0.15) is 11.4 Å². The van der Waals surface area contributed by atoms with Crippen LogP contribution in [0.5, 0.6) is 0 Å². The fourth-order valence-corrected chi connectivity index (χ4v) is 1.78. The number of likely N-dealkylation sites (N-methyl/N-ethyl adjacent to an activating group) is 1. The number of carbonyl (C=O) groups is 1. The minimum absolute atomic E-state index is 0.113. The molecule has 5 heteroatoms. The summed E-state index contributed by atoms with van der Waals surface area (Å²) in [5.74, 6) is -0.775. The van der Waals surface area contributed by atoms with Crippen LogP contribution in [0.3, 0.4) is 0 Å². The molecule has 106 valence electrons. The average Bonchev–Trinajstić information content (AvgIpc) is 2.81. The van der Waals surface area contributed by atoms with Crippen LogP contribution in [-0.4, -0.2) is 59.5 Å². The fraction of sp³-hybridized carbons (Fsp3) is 0.500. The number of allylic oxidation sites excluding steroid dienone is 1. The number of fused-ring (bicyclic) bond motifs is 1. The van der Waals surface area contributed by atoms with Crippen molar-refractivity contribution in [3.63, 3.8) is 0 Å². The van der Waals surface area contributed by atoms with Gasteiger partial charge in [0.05, 0.1) is 34.2 Å². The first-order valence-corrected chi connectivity index (χ1v) is 6.31.